The highest BCUT2D eigenvalue weighted by Gasteiger charge is 2.32. The Kier molecular flexibility index (Phi) is 3.77. The van der Waals surface area contributed by atoms with E-state index in [0.717, 1.165) is 24.9 Å². The van der Waals surface area contributed by atoms with Gasteiger partial charge >= 0.3 is 16.1 Å². The van der Waals surface area contributed by atoms with Crippen molar-refractivity contribution < 1.29 is 22.5 Å². The highest BCUT2D eigenvalue weighted by atomic mass is 32.2. The highest BCUT2D eigenvalue weighted by molar-refractivity contribution is 7.88. The highest BCUT2D eigenvalue weighted by Crippen LogP contribution is 2.36. The third-order valence-corrected chi connectivity index (χ3v) is 4.20. The molecule has 7 heteroatoms. The number of carboxylic acids is 1. The molecule has 2 aliphatic heterocycles. The van der Waals surface area contributed by atoms with Crippen molar-refractivity contribution in [3.8, 4) is 5.75 Å². The summed E-state index contributed by atoms with van der Waals surface area (Å²) < 4.78 is 26.1. The minimum atomic E-state index is -3.36. The molecule has 1 fully saturated rings. The number of nitrogens with one attached hydrogen (secondary N) is 1. The van der Waals surface area contributed by atoms with E-state index in [-0.39, 0.29) is 6.04 Å². The number of fused-ring (bicyclic) bond motifs is 1. The summed E-state index contributed by atoms with van der Waals surface area (Å²) in [6.07, 6.45) is 1.78. The van der Waals surface area contributed by atoms with E-state index in [1.807, 2.05) is 6.92 Å². The fraction of sp³-hybridized carbons (Fsp3) is 0.417. The molecule has 104 valence electrons. The van der Waals surface area contributed by atoms with Crippen molar-refractivity contribution in [2.24, 2.45) is 0 Å². The third kappa shape index (κ3) is 3.05. The summed E-state index contributed by atoms with van der Waals surface area (Å²) in [6.45, 7) is 2.74. The Morgan fingerprint density at radius 1 is 1.47 bits per heavy atom. The van der Waals surface area contributed by atoms with Crippen molar-refractivity contribution in [2.45, 2.75) is 30.7 Å². The van der Waals surface area contributed by atoms with E-state index in [4.69, 9.17) is 5.11 Å². The van der Waals surface area contributed by atoms with Crippen molar-refractivity contribution in [1.82, 2.24) is 5.32 Å². The molecule has 6 nitrogen and oxygen atoms in total. The molecule has 2 aliphatic rings. The largest absolute Gasteiger partial charge is 0.480 e. The second kappa shape index (κ2) is 5.18. The fourth-order valence-corrected chi connectivity index (χ4v) is 2.84. The molecule has 0 radical (unpaired) electrons. The lowest BCUT2D eigenvalue weighted by atomic mass is 10.2. The van der Waals surface area contributed by atoms with Crippen LogP contribution >= 0.6 is 0 Å². The number of rotatable bonds is 1. The van der Waals surface area contributed by atoms with Crippen LogP contribution in [0.4, 0.5) is 0 Å². The van der Waals surface area contributed by atoms with Crippen LogP contribution in [0.5, 0.6) is 5.75 Å². The first-order valence-corrected chi connectivity index (χ1v) is 7.32. The fourth-order valence-electron chi connectivity index (χ4n) is 1.91. The number of hydrogen-bond acceptors (Lipinski definition) is 5. The van der Waals surface area contributed by atoms with Gasteiger partial charge in [-0.25, -0.2) is 0 Å². The Bertz CT molecular complexity index is 590. The van der Waals surface area contributed by atoms with Crippen molar-refractivity contribution in [1.29, 1.82) is 0 Å². The average Bonchev–Trinajstić information content (AvgIpc) is 2.81. The van der Waals surface area contributed by atoms with Crippen LogP contribution in [0.1, 0.15) is 18.4 Å². The van der Waals surface area contributed by atoms with Gasteiger partial charge < -0.3 is 14.6 Å². The van der Waals surface area contributed by atoms with Crippen LogP contribution < -0.4 is 9.50 Å². The van der Waals surface area contributed by atoms with Crippen LogP contribution in [0.2, 0.25) is 0 Å². The molecule has 0 aliphatic carbocycles. The number of carboxylic acid groups (broad SMARTS) is 1. The average molecular weight is 285 g/mol. The number of carbonyl (C=O) groups is 1. The maximum Gasteiger partial charge on any atom is 0.343 e. The molecular weight excluding hydrogens is 270 g/mol. The Morgan fingerprint density at radius 3 is 2.63 bits per heavy atom. The number of hydrogen-bond donors (Lipinski definition) is 2. The Morgan fingerprint density at radius 2 is 2.21 bits per heavy atom. The van der Waals surface area contributed by atoms with Crippen LogP contribution in [-0.2, 0) is 14.9 Å². The lowest BCUT2D eigenvalue weighted by molar-refractivity contribution is -0.139. The predicted octanol–water partition coefficient (Wildman–Crippen LogP) is 0.899. The summed E-state index contributed by atoms with van der Waals surface area (Å²) >= 11 is 0. The van der Waals surface area contributed by atoms with E-state index in [0.29, 0.717) is 10.6 Å². The molecule has 1 saturated heterocycles. The maximum atomic E-state index is 10.8. The molecule has 3 rings (SSSR count). The van der Waals surface area contributed by atoms with E-state index < -0.39 is 16.1 Å². The van der Waals surface area contributed by atoms with Crippen LogP contribution in [0.15, 0.2) is 23.1 Å². The monoisotopic (exact) mass is 285 g/mol. The van der Waals surface area contributed by atoms with Gasteiger partial charge in [0.2, 0.25) is 0 Å². The van der Waals surface area contributed by atoms with Crippen LogP contribution in [0, 0.1) is 6.92 Å². The summed E-state index contributed by atoms with van der Waals surface area (Å²) in [5.74, 6) is -0.257. The minimum absolute atomic E-state index is 0.269. The van der Waals surface area contributed by atoms with E-state index >= 15 is 0 Å². The maximum absolute atomic E-state index is 10.8. The molecule has 2 heterocycles. The molecule has 0 amide bonds. The summed E-state index contributed by atoms with van der Waals surface area (Å²) in [7, 11) is -3.36. The number of aryl methyl sites for hydroxylation is 1. The van der Waals surface area contributed by atoms with Gasteiger partial charge in [-0.3, -0.25) is 4.79 Å². The van der Waals surface area contributed by atoms with Gasteiger partial charge in [-0.1, -0.05) is 6.07 Å². The van der Waals surface area contributed by atoms with Crippen molar-refractivity contribution in [2.75, 3.05) is 6.54 Å². The van der Waals surface area contributed by atoms with E-state index in [2.05, 4.69) is 9.50 Å². The van der Waals surface area contributed by atoms with Gasteiger partial charge in [0.25, 0.3) is 0 Å². The quantitative estimate of drug-likeness (QED) is 0.745. The molecule has 0 spiro atoms. The zero-order valence-corrected chi connectivity index (χ0v) is 11.2. The molecule has 1 aromatic carbocycles. The SMILES string of the molecule is Cc1ccc2c(c1)OS2(=O)=O.O=C(O)[C@@H]1CCCN1. The summed E-state index contributed by atoms with van der Waals surface area (Å²) in [5.41, 5.74) is 0.999. The van der Waals surface area contributed by atoms with Gasteiger partial charge in [0, 0.05) is 0 Å². The van der Waals surface area contributed by atoms with Crippen molar-refractivity contribution in [3.63, 3.8) is 0 Å². The van der Waals surface area contributed by atoms with E-state index in [1.165, 1.54) is 0 Å². The standard InChI is InChI=1S/C7H6O3S.C5H9NO2/c1-5-2-3-7-6(4-5)10-11(7,8)9;7-5(8)4-2-1-3-6-4/h2-4H,1H3;4,6H,1-3H2,(H,7,8)/t;4-/m.0/s1. The Balaban J connectivity index is 0.000000148. The predicted molar refractivity (Wildman–Crippen MR) is 67.7 cm³/mol. The summed E-state index contributed by atoms with van der Waals surface area (Å²) in [4.78, 5) is 10.4. The second-order valence-electron chi connectivity index (χ2n) is 4.47. The lowest BCUT2D eigenvalue weighted by Crippen LogP contribution is -2.29. The minimum Gasteiger partial charge on any atom is -0.480 e. The Hall–Kier alpha value is -1.60. The summed E-state index contributed by atoms with van der Waals surface area (Å²) in [6, 6.07) is 4.74. The zero-order chi connectivity index (χ0) is 14.0. The molecule has 0 saturated carbocycles. The summed E-state index contributed by atoms with van der Waals surface area (Å²) in [5, 5.41) is 11.2. The molecule has 0 aromatic heterocycles. The van der Waals surface area contributed by atoms with Gasteiger partial charge in [-0.05, 0) is 44.0 Å². The van der Waals surface area contributed by atoms with Crippen molar-refractivity contribution in [3.05, 3.63) is 23.8 Å². The van der Waals surface area contributed by atoms with Gasteiger partial charge in [0.05, 0.1) is 0 Å². The van der Waals surface area contributed by atoms with E-state index in [9.17, 15) is 13.2 Å². The lowest BCUT2D eigenvalue weighted by Gasteiger charge is -2.18. The number of aliphatic carboxylic acids is 1. The van der Waals surface area contributed by atoms with Crippen molar-refractivity contribution >= 4 is 16.1 Å². The molecule has 19 heavy (non-hydrogen) atoms. The first kappa shape index (κ1) is 13.8. The third-order valence-electron chi connectivity index (χ3n) is 2.93. The smallest absolute Gasteiger partial charge is 0.343 e. The van der Waals surface area contributed by atoms with Crippen LogP contribution in [0.3, 0.4) is 0 Å². The first-order chi connectivity index (χ1) is 8.90. The van der Waals surface area contributed by atoms with Gasteiger partial charge in [-0.15, -0.1) is 0 Å². The molecule has 1 atom stereocenters. The van der Waals surface area contributed by atoms with Gasteiger partial charge in [0.15, 0.2) is 5.75 Å². The topological polar surface area (TPSA) is 92.7 Å². The number of benzene rings is 1. The first-order valence-electron chi connectivity index (χ1n) is 5.91. The van der Waals surface area contributed by atoms with Gasteiger partial charge in [0.1, 0.15) is 10.9 Å². The normalized spacial score (nSPS) is 22.3. The van der Waals surface area contributed by atoms with E-state index in [1.54, 1.807) is 18.2 Å². The molecular formula is C12H15NO5S. The molecule has 2 N–H and O–H groups in total. The second-order valence-corrected chi connectivity index (χ2v) is 5.99. The zero-order valence-electron chi connectivity index (χ0n) is 10.4. The molecule has 1 aromatic rings. The molecule has 0 bridgehead atoms. The molecule has 0 unspecified atom stereocenters. The Labute approximate surface area is 111 Å². The van der Waals surface area contributed by atoms with Crippen LogP contribution in [-0.4, -0.2) is 32.1 Å². The van der Waals surface area contributed by atoms with Gasteiger partial charge in [-0.2, -0.15) is 8.42 Å². The van der Waals surface area contributed by atoms with Crippen LogP contribution in [0.25, 0.3) is 0 Å².